The molecule has 0 atom stereocenters. The maximum Gasteiger partial charge on any atom is 0.284 e. The Bertz CT molecular complexity index is 534. The number of rotatable bonds is 5. The lowest BCUT2D eigenvalue weighted by Crippen LogP contribution is -2.12. The Kier molecular flexibility index (Phi) is 4.05. The zero-order chi connectivity index (χ0) is 13.0. The largest absolute Gasteiger partial charge is 0.439 e. The van der Waals surface area contributed by atoms with E-state index >= 15 is 0 Å². The summed E-state index contributed by atoms with van der Waals surface area (Å²) in [6.07, 6.45) is 2.59. The highest BCUT2D eigenvalue weighted by molar-refractivity contribution is 6.29. The summed E-state index contributed by atoms with van der Waals surface area (Å²) in [4.78, 5) is 11.1. The molecule has 0 spiro atoms. The van der Waals surface area contributed by atoms with Gasteiger partial charge in [0.25, 0.3) is 5.91 Å². The Balaban J connectivity index is 1.96. The molecule has 1 amide bonds. The molecule has 1 heterocycles. The minimum atomic E-state index is -0.573. The van der Waals surface area contributed by atoms with Gasteiger partial charge in [-0.2, -0.15) is 0 Å². The molecule has 94 valence electrons. The van der Waals surface area contributed by atoms with Crippen LogP contribution in [0.2, 0.25) is 5.22 Å². The monoisotopic (exact) mass is 263 g/mol. The Hall–Kier alpha value is -1.74. The molecule has 0 bridgehead atoms. The van der Waals surface area contributed by atoms with Gasteiger partial charge in [-0.3, -0.25) is 4.79 Å². The van der Waals surface area contributed by atoms with Gasteiger partial charge in [0, 0.05) is 5.56 Å². The number of carbonyl (C=O) groups is 1. The summed E-state index contributed by atoms with van der Waals surface area (Å²) in [5, 5.41) is 0.207. The lowest BCUT2D eigenvalue weighted by atomic mass is 10.0. The molecule has 1 aromatic heterocycles. The highest BCUT2D eigenvalue weighted by Gasteiger charge is 2.14. The molecule has 0 aliphatic rings. The van der Waals surface area contributed by atoms with E-state index in [1.165, 1.54) is 5.56 Å². The number of hydrogen-bond donors (Lipinski definition) is 1. The molecule has 0 saturated heterocycles. The maximum absolute atomic E-state index is 11.1. The Morgan fingerprint density at radius 2 is 1.94 bits per heavy atom. The summed E-state index contributed by atoms with van der Waals surface area (Å²) in [7, 11) is 0. The van der Waals surface area contributed by atoms with Crippen molar-refractivity contribution in [2.45, 2.75) is 19.3 Å². The van der Waals surface area contributed by atoms with Crippen LogP contribution in [0.3, 0.4) is 0 Å². The SMILES string of the molecule is NC(=O)c1oc(Cl)cc1CCCc1ccccc1. The van der Waals surface area contributed by atoms with E-state index in [2.05, 4.69) is 12.1 Å². The van der Waals surface area contributed by atoms with Crippen LogP contribution in [0.15, 0.2) is 40.8 Å². The molecular formula is C14H14ClNO2. The van der Waals surface area contributed by atoms with Crippen molar-refractivity contribution in [3.8, 4) is 0 Å². The maximum atomic E-state index is 11.1. The lowest BCUT2D eigenvalue weighted by Gasteiger charge is -2.01. The third kappa shape index (κ3) is 3.14. The third-order valence-corrected chi connectivity index (χ3v) is 2.94. The first-order valence-electron chi connectivity index (χ1n) is 5.79. The fourth-order valence-electron chi connectivity index (χ4n) is 1.92. The highest BCUT2D eigenvalue weighted by atomic mass is 35.5. The molecule has 4 heteroatoms. The van der Waals surface area contributed by atoms with Crippen LogP contribution in [-0.4, -0.2) is 5.91 Å². The van der Waals surface area contributed by atoms with Gasteiger partial charge in [-0.25, -0.2) is 0 Å². The quantitative estimate of drug-likeness (QED) is 0.901. The Morgan fingerprint density at radius 1 is 1.22 bits per heavy atom. The van der Waals surface area contributed by atoms with Crippen molar-refractivity contribution >= 4 is 17.5 Å². The van der Waals surface area contributed by atoms with Crippen LogP contribution in [0.4, 0.5) is 0 Å². The molecule has 2 aromatic rings. The molecule has 3 nitrogen and oxygen atoms in total. The van der Waals surface area contributed by atoms with Gasteiger partial charge in [-0.1, -0.05) is 30.3 Å². The van der Waals surface area contributed by atoms with Gasteiger partial charge in [0.2, 0.25) is 0 Å². The summed E-state index contributed by atoms with van der Waals surface area (Å²) in [5.41, 5.74) is 7.27. The summed E-state index contributed by atoms with van der Waals surface area (Å²) in [6, 6.07) is 11.8. The highest BCUT2D eigenvalue weighted by Crippen LogP contribution is 2.21. The molecule has 18 heavy (non-hydrogen) atoms. The average molecular weight is 264 g/mol. The molecule has 0 unspecified atom stereocenters. The van der Waals surface area contributed by atoms with Crippen molar-refractivity contribution in [3.63, 3.8) is 0 Å². The van der Waals surface area contributed by atoms with E-state index in [1.54, 1.807) is 6.07 Å². The van der Waals surface area contributed by atoms with E-state index < -0.39 is 5.91 Å². The summed E-state index contributed by atoms with van der Waals surface area (Å²) >= 11 is 5.73. The van der Waals surface area contributed by atoms with Crippen LogP contribution in [-0.2, 0) is 12.8 Å². The number of nitrogens with two attached hydrogens (primary N) is 1. The summed E-state index contributed by atoms with van der Waals surface area (Å²) in [5.74, 6) is -0.398. The van der Waals surface area contributed by atoms with E-state index in [9.17, 15) is 4.79 Å². The molecule has 0 radical (unpaired) electrons. The molecular weight excluding hydrogens is 250 g/mol. The third-order valence-electron chi connectivity index (χ3n) is 2.76. The lowest BCUT2D eigenvalue weighted by molar-refractivity contribution is 0.0972. The van der Waals surface area contributed by atoms with Crippen molar-refractivity contribution in [1.29, 1.82) is 0 Å². The topological polar surface area (TPSA) is 56.2 Å². The first-order chi connectivity index (χ1) is 8.66. The van der Waals surface area contributed by atoms with Crippen LogP contribution in [0.5, 0.6) is 0 Å². The van der Waals surface area contributed by atoms with Crippen molar-refractivity contribution < 1.29 is 9.21 Å². The minimum absolute atomic E-state index is 0.174. The minimum Gasteiger partial charge on any atom is -0.439 e. The van der Waals surface area contributed by atoms with E-state index in [-0.39, 0.29) is 11.0 Å². The number of hydrogen-bond acceptors (Lipinski definition) is 2. The van der Waals surface area contributed by atoms with Crippen LogP contribution in [0.25, 0.3) is 0 Å². The van der Waals surface area contributed by atoms with E-state index in [0.717, 1.165) is 24.8 Å². The van der Waals surface area contributed by atoms with Gasteiger partial charge in [0.1, 0.15) is 0 Å². The van der Waals surface area contributed by atoms with Gasteiger partial charge in [0.05, 0.1) is 0 Å². The van der Waals surface area contributed by atoms with E-state index in [0.29, 0.717) is 0 Å². The fraction of sp³-hybridized carbons (Fsp3) is 0.214. The number of halogens is 1. The zero-order valence-corrected chi connectivity index (χ0v) is 10.6. The van der Waals surface area contributed by atoms with Crippen molar-refractivity contribution in [2.75, 3.05) is 0 Å². The summed E-state index contributed by atoms with van der Waals surface area (Å²) in [6.45, 7) is 0. The standard InChI is InChI=1S/C14H14ClNO2/c15-12-9-11(13(18-12)14(16)17)8-4-7-10-5-2-1-3-6-10/h1-3,5-6,9H,4,7-8H2,(H2,16,17). The van der Waals surface area contributed by atoms with Crippen LogP contribution < -0.4 is 5.73 Å². The Labute approximate surface area is 111 Å². The average Bonchev–Trinajstić information content (AvgIpc) is 2.72. The first-order valence-corrected chi connectivity index (χ1v) is 6.16. The summed E-state index contributed by atoms with van der Waals surface area (Å²) < 4.78 is 5.07. The van der Waals surface area contributed by atoms with Gasteiger partial charge in [-0.15, -0.1) is 0 Å². The zero-order valence-electron chi connectivity index (χ0n) is 9.86. The van der Waals surface area contributed by atoms with Gasteiger partial charge in [-0.05, 0) is 42.5 Å². The van der Waals surface area contributed by atoms with Gasteiger partial charge in [0.15, 0.2) is 11.0 Å². The van der Waals surface area contributed by atoms with Crippen molar-refractivity contribution in [1.82, 2.24) is 0 Å². The Morgan fingerprint density at radius 3 is 2.61 bits per heavy atom. The van der Waals surface area contributed by atoms with Crippen molar-refractivity contribution in [2.24, 2.45) is 5.73 Å². The molecule has 0 aliphatic heterocycles. The first kappa shape index (κ1) is 12.7. The van der Waals surface area contributed by atoms with Gasteiger partial charge < -0.3 is 10.2 Å². The molecule has 0 aliphatic carbocycles. The molecule has 0 fully saturated rings. The molecule has 2 rings (SSSR count). The smallest absolute Gasteiger partial charge is 0.284 e. The van der Waals surface area contributed by atoms with Crippen LogP contribution >= 0.6 is 11.6 Å². The second kappa shape index (κ2) is 5.74. The van der Waals surface area contributed by atoms with E-state index in [4.69, 9.17) is 21.8 Å². The molecule has 0 saturated carbocycles. The second-order valence-corrected chi connectivity index (χ2v) is 4.48. The predicted octanol–water partition coefficient (Wildman–Crippen LogP) is 3.21. The number of aryl methyl sites for hydroxylation is 2. The fourth-order valence-corrected chi connectivity index (χ4v) is 2.13. The number of carbonyl (C=O) groups excluding carboxylic acids is 1. The van der Waals surface area contributed by atoms with Crippen molar-refractivity contribution in [3.05, 3.63) is 58.5 Å². The normalized spacial score (nSPS) is 10.5. The predicted molar refractivity (Wildman–Crippen MR) is 70.7 cm³/mol. The van der Waals surface area contributed by atoms with Crippen LogP contribution in [0.1, 0.15) is 28.1 Å². The molecule has 2 N–H and O–H groups in total. The van der Waals surface area contributed by atoms with Gasteiger partial charge >= 0.3 is 0 Å². The van der Waals surface area contributed by atoms with E-state index in [1.807, 2.05) is 18.2 Å². The number of amides is 1. The number of primary amides is 1. The second-order valence-electron chi connectivity index (χ2n) is 4.11. The molecule has 1 aromatic carbocycles. The van der Waals surface area contributed by atoms with Crippen LogP contribution in [0, 0.1) is 0 Å². The number of benzene rings is 1. The number of furan rings is 1.